The summed E-state index contributed by atoms with van der Waals surface area (Å²) in [6.07, 6.45) is 4.17. The Hall–Kier alpha value is -1.58. The van der Waals surface area contributed by atoms with Crippen LogP contribution in [0.1, 0.15) is 6.42 Å². The zero-order chi connectivity index (χ0) is 9.59. The van der Waals surface area contributed by atoms with Gasteiger partial charge in [-0.05, 0) is 6.42 Å². The summed E-state index contributed by atoms with van der Waals surface area (Å²) in [4.78, 5) is 21.5. The molecule has 68 valence electrons. The molecule has 13 heavy (non-hydrogen) atoms. The van der Waals surface area contributed by atoms with E-state index >= 15 is 0 Å². The minimum Gasteiger partial charge on any atom is -0.478 e. The predicted octanol–water partition coefficient (Wildman–Crippen LogP) is 0.658. The van der Waals surface area contributed by atoms with Crippen molar-refractivity contribution in [1.29, 1.82) is 0 Å². The van der Waals surface area contributed by atoms with E-state index in [1.54, 1.807) is 12.2 Å². The van der Waals surface area contributed by atoms with Crippen molar-refractivity contribution in [1.82, 2.24) is 0 Å². The molecule has 0 aromatic heterocycles. The molecule has 0 aromatic rings. The van der Waals surface area contributed by atoms with Gasteiger partial charge in [0.05, 0.1) is 11.1 Å². The first kappa shape index (κ1) is 8.04. The Morgan fingerprint density at radius 1 is 1.08 bits per heavy atom. The molecular formula is C9H8O4. The average molecular weight is 180 g/mol. The molecule has 2 N–H and O–H groups in total. The highest BCUT2D eigenvalue weighted by atomic mass is 16.4. The number of carbonyl (C=O) groups is 2. The fraction of sp³-hybridized carbons (Fsp3) is 0.333. The number of allylic oxidation sites excluding steroid dienone is 2. The second-order valence-electron chi connectivity index (χ2n) is 3.27. The SMILES string of the molecule is O=C(O)C1=C(C(=O)O)[C@@H]2C=C[C@@H]1C2. The molecule has 4 heteroatoms. The quantitative estimate of drug-likeness (QED) is 0.612. The lowest BCUT2D eigenvalue weighted by Gasteiger charge is -2.08. The summed E-state index contributed by atoms with van der Waals surface area (Å²) in [6.45, 7) is 0. The van der Waals surface area contributed by atoms with E-state index in [9.17, 15) is 9.59 Å². The zero-order valence-electron chi connectivity index (χ0n) is 6.73. The number of hydrogen-bond donors (Lipinski definition) is 2. The zero-order valence-corrected chi connectivity index (χ0v) is 6.73. The normalized spacial score (nSPS) is 29.8. The van der Waals surface area contributed by atoms with Crippen molar-refractivity contribution in [2.75, 3.05) is 0 Å². The third-order valence-electron chi connectivity index (χ3n) is 2.58. The molecule has 4 nitrogen and oxygen atoms in total. The number of rotatable bonds is 2. The summed E-state index contributed by atoms with van der Waals surface area (Å²) < 4.78 is 0. The van der Waals surface area contributed by atoms with Crippen molar-refractivity contribution >= 4 is 11.9 Å². The molecule has 0 aromatic carbocycles. The summed E-state index contributed by atoms with van der Waals surface area (Å²) in [5, 5.41) is 17.6. The van der Waals surface area contributed by atoms with Crippen LogP contribution in [0.4, 0.5) is 0 Å². The van der Waals surface area contributed by atoms with Gasteiger partial charge in [-0.2, -0.15) is 0 Å². The molecule has 0 heterocycles. The van der Waals surface area contributed by atoms with E-state index in [2.05, 4.69) is 0 Å². The predicted molar refractivity (Wildman–Crippen MR) is 43.0 cm³/mol. The van der Waals surface area contributed by atoms with Gasteiger partial charge in [-0.1, -0.05) is 12.2 Å². The van der Waals surface area contributed by atoms with Crippen molar-refractivity contribution in [3.63, 3.8) is 0 Å². The summed E-state index contributed by atoms with van der Waals surface area (Å²) in [6, 6.07) is 0. The molecular weight excluding hydrogens is 172 g/mol. The molecule has 0 saturated carbocycles. The Balaban J connectivity index is 2.48. The molecule has 0 saturated heterocycles. The van der Waals surface area contributed by atoms with Gasteiger partial charge < -0.3 is 10.2 Å². The first-order valence-corrected chi connectivity index (χ1v) is 4.00. The monoisotopic (exact) mass is 180 g/mol. The fourth-order valence-electron chi connectivity index (χ4n) is 2.07. The van der Waals surface area contributed by atoms with Crippen LogP contribution in [0.2, 0.25) is 0 Å². The van der Waals surface area contributed by atoms with Crippen LogP contribution in [0.5, 0.6) is 0 Å². The number of carboxylic acids is 2. The van der Waals surface area contributed by atoms with E-state index in [0.717, 1.165) is 0 Å². The van der Waals surface area contributed by atoms with Gasteiger partial charge in [0.1, 0.15) is 0 Å². The van der Waals surface area contributed by atoms with Gasteiger partial charge in [-0.3, -0.25) is 0 Å². The third-order valence-corrected chi connectivity index (χ3v) is 2.58. The third kappa shape index (κ3) is 0.983. The van der Waals surface area contributed by atoms with Crippen LogP contribution in [0.25, 0.3) is 0 Å². The Kier molecular flexibility index (Phi) is 1.52. The van der Waals surface area contributed by atoms with Gasteiger partial charge in [0.2, 0.25) is 0 Å². The van der Waals surface area contributed by atoms with Crippen LogP contribution in [0.3, 0.4) is 0 Å². The molecule has 2 rings (SSSR count). The maximum atomic E-state index is 10.8. The maximum Gasteiger partial charge on any atom is 0.332 e. The van der Waals surface area contributed by atoms with Crippen LogP contribution in [0, 0.1) is 11.8 Å². The van der Waals surface area contributed by atoms with Crippen LogP contribution in [0.15, 0.2) is 23.3 Å². The van der Waals surface area contributed by atoms with Crippen molar-refractivity contribution in [2.45, 2.75) is 6.42 Å². The smallest absolute Gasteiger partial charge is 0.332 e. The van der Waals surface area contributed by atoms with Crippen molar-refractivity contribution in [2.24, 2.45) is 11.8 Å². The van der Waals surface area contributed by atoms with Gasteiger partial charge in [0, 0.05) is 11.8 Å². The topological polar surface area (TPSA) is 74.6 Å². The number of hydrogen-bond acceptors (Lipinski definition) is 2. The maximum absolute atomic E-state index is 10.8. The van der Waals surface area contributed by atoms with Crippen molar-refractivity contribution < 1.29 is 19.8 Å². The second-order valence-corrected chi connectivity index (χ2v) is 3.27. The first-order chi connectivity index (χ1) is 6.11. The minimum absolute atomic E-state index is 0.0694. The van der Waals surface area contributed by atoms with E-state index in [0.29, 0.717) is 6.42 Å². The van der Waals surface area contributed by atoms with Gasteiger partial charge in [0.15, 0.2) is 0 Å². The van der Waals surface area contributed by atoms with Crippen molar-refractivity contribution in [3.05, 3.63) is 23.3 Å². The first-order valence-electron chi connectivity index (χ1n) is 4.00. The average Bonchev–Trinajstić information content (AvgIpc) is 2.60. The largest absolute Gasteiger partial charge is 0.478 e. The summed E-state index contributed by atoms with van der Waals surface area (Å²) >= 11 is 0. The lowest BCUT2D eigenvalue weighted by Crippen LogP contribution is -2.14. The van der Waals surface area contributed by atoms with Crippen LogP contribution in [-0.2, 0) is 9.59 Å². The Morgan fingerprint density at radius 2 is 1.46 bits per heavy atom. The van der Waals surface area contributed by atoms with Gasteiger partial charge in [-0.25, -0.2) is 9.59 Å². The van der Waals surface area contributed by atoms with E-state index in [-0.39, 0.29) is 23.0 Å². The lowest BCUT2D eigenvalue weighted by molar-refractivity contribution is -0.136. The van der Waals surface area contributed by atoms with Gasteiger partial charge >= 0.3 is 11.9 Å². The molecule has 2 bridgehead atoms. The Bertz CT molecular complexity index is 319. The summed E-state index contributed by atoms with van der Waals surface area (Å²) in [5.41, 5.74) is 0.139. The van der Waals surface area contributed by atoms with E-state index < -0.39 is 11.9 Å². The molecule has 0 amide bonds. The molecule has 0 unspecified atom stereocenters. The Labute approximate surface area is 74.2 Å². The minimum atomic E-state index is -1.10. The number of carboxylic acid groups (broad SMARTS) is 2. The fourth-order valence-corrected chi connectivity index (χ4v) is 2.07. The molecule has 2 aliphatic carbocycles. The van der Waals surface area contributed by atoms with E-state index in [1.165, 1.54) is 0 Å². The highest BCUT2D eigenvalue weighted by molar-refractivity contribution is 6.01. The van der Waals surface area contributed by atoms with E-state index in [4.69, 9.17) is 10.2 Å². The van der Waals surface area contributed by atoms with Gasteiger partial charge in [-0.15, -0.1) is 0 Å². The van der Waals surface area contributed by atoms with Crippen LogP contribution in [-0.4, -0.2) is 22.2 Å². The molecule has 0 aliphatic heterocycles. The molecule has 0 spiro atoms. The summed E-state index contributed by atoms with van der Waals surface area (Å²) in [7, 11) is 0. The van der Waals surface area contributed by atoms with Crippen LogP contribution < -0.4 is 0 Å². The highest BCUT2D eigenvalue weighted by Gasteiger charge is 2.41. The van der Waals surface area contributed by atoms with Crippen LogP contribution >= 0.6 is 0 Å². The van der Waals surface area contributed by atoms with Gasteiger partial charge in [0.25, 0.3) is 0 Å². The molecule has 0 fully saturated rings. The lowest BCUT2D eigenvalue weighted by atomic mass is 9.97. The second kappa shape index (κ2) is 2.45. The Morgan fingerprint density at radius 3 is 1.77 bits per heavy atom. The number of fused-ring (bicyclic) bond motifs is 2. The van der Waals surface area contributed by atoms with Crippen molar-refractivity contribution in [3.8, 4) is 0 Å². The molecule has 0 radical (unpaired) electrons. The standard InChI is InChI=1S/C9H8O4/c10-8(11)6-4-1-2-5(3-4)7(6)9(12)13/h1-2,4-5H,3H2,(H,10,11)(H,12,13)/t4-,5-/m1/s1. The molecule has 2 aliphatic rings. The summed E-state index contributed by atoms with van der Waals surface area (Å²) in [5.74, 6) is -2.58. The van der Waals surface area contributed by atoms with E-state index in [1.807, 2.05) is 0 Å². The highest BCUT2D eigenvalue weighted by Crippen LogP contribution is 2.43. The molecule has 2 atom stereocenters. The number of aliphatic carboxylic acids is 2.